The third-order valence-electron chi connectivity index (χ3n) is 2.26. The molecule has 0 aliphatic rings. The summed E-state index contributed by atoms with van der Waals surface area (Å²) >= 11 is 0. The van der Waals surface area contributed by atoms with E-state index in [0.717, 1.165) is 5.56 Å². The van der Waals surface area contributed by atoms with Gasteiger partial charge in [0.2, 0.25) is 0 Å². The smallest absolute Gasteiger partial charge is 0.509 e. The maximum atomic E-state index is 8.73. The summed E-state index contributed by atoms with van der Waals surface area (Å²) in [5, 5.41) is 17.5. The van der Waals surface area contributed by atoms with Gasteiger partial charge in [-0.15, -0.1) is 0 Å². The van der Waals surface area contributed by atoms with Gasteiger partial charge in [-0.1, -0.05) is 26.8 Å². The van der Waals surface area contributed by atoms with Crippen LogP contribution in [0.5, 0.6) is 11.5 Å². The first-order valence-corrected chi connectivity index (χ1v) is 5.06. The molecule has 0 saturated carbocycles. The molecule has 0 bridgehead atoms. The zero-order chi connectivity index (χ0) is 12.3. The second-order valence-electron chi connectivity index (χ2n) is 4.56. The second kappa shape index (κ2) is 4.76. The van der Waals surface area contributed by atoms with Crippen molar-refractivity contribution in [2.24, 2.45) is 0 Å². The first-order valence-electron chi connectivity index (χ1n) is 5.06. The SMILES string of the molecule is COc1cc(C(C)(C)C)ccc1OB(O)O. The summed E-state index contributed by atoms with van der Waals surface area (Å²) in [6.07, 6.45) is 0. The minimum atomic E-state index is -1.84. The Morgan fingerprint density at radius 3 is 2.19 bits per heavy atom. The van der Waals surface area contributed by atoms with Gasteiger partial charge in [-0.05, 0) is 23.1 Å². The molecule has 0 aliphatic heterocycles. The number of hydrogen-bond donors (Lipinski definition) is 2. The molecule has 0 heterocycles. The fourth-order valence-electron chi connectivity index (χ4n) is 1.35. The molecule has 0 amide bonds. The van der Waals surface area contributed by atoms with Gasteiger partial charge in [-0.25, -0.2) is 0 Å². The molecule has 1 aromatic rings. The van der Waals surface area contributed by atoms with Crippen LogP contribution in [0.4, 0.5) is 0 Å². The van der Waals surface area contributed by atoms with Crippen LogP contribution in [0, 0.1) is 0 Å². The van der Waals surface area contributed by atoms with Gasteiger partial charge in [0.1, 0.15) is 5.75 Å². The van der Waals surface area contributed by atoms with Crippen molar-refractivity contribution < 1.29 is 19.4 Å². The molecule has 0 unspecified atom stereocenters. The Kier molecular flexibility index (Phi) is 3.83. The molecule has 2 N–H and O–H groups in total. The second-order valence-corrected chi connectivity index (χ2v) is 4.56. The molecule has 0 atom stereocenters. The van der Waals surface area contributed by atoms with E-state index in [1.54, 1.807) is 6.07 Å². The average molecular weight is 224 g/mol. The first kappa shape index (κ1) is 12.9. The van der Waals surface area contributed by atoms with Crippen LogP contribution in [-0.2, 0) is 5.41 Å². The van der Waals surface area contributed by atoms with Crippen LogP contribution in [0.2, 0.25) is 0 Å². The van der Waals surface area contributed by atoms with Crippen molar-refractivity contribution in [2.45, 2.75) is 26.2 Å². The Morgan fingerprint density at radius 2 is 1.75 bits per heavy atom. The summed E-state index contributed by atoms with van der Waals surface area (Å²) in [6.45, 7) is 6.26. The van der Waals surface area contributed by atoms with Gasteiger partial charge in [0, 0.05) is 0 Å². The molecule has 1 aromatic carbocycles. The molecule has 1 rings (SSSR count). The normalized spacial score (nSPS) is 11.1. The highest BCUT2D eigenvalue weighted by atomic mass is 16.6. The number of methoxy groups -OCH3 is 1. The van der Waals surface area contributed by atoms with Crippen LogP contribution in [0.3, 0.4) is 0 Å². The lowest BCUT2D eigenvalue weighted by Crippen LogP contribution is -2.21. The maximum absolute atomic E-state index is 8.73. The van der Waals surface area contributed by atoms with E-state index in [1.165, 1.54) is 7.11 Å². The minimum Gasteiger partial charge on any atom is -0.509 e. The molecule has 0 radical (unpaired) electrons. The molecule has 4 nitrogen and oxygen atoms in total. The molecule has 0 aromatic heterocycles. The lowest BCUT2D eigenvalue weighted by atomic mass is 9.87. The molecular weight excluding hydrogens is 207 g/mol. The number of rotatable bonds is 3. The van der Waals surface area contributed by atoms with Crippen LogP contribution in [0.15, 0.2) is 18.2 Å². The topological polar surface area (TPSA) is 58.9 Å². The van der Waals surface area contributed by atoms with Crippen molar-refractivity contribution >= 4 is 7.32 Å². The van der Waals surface area contributed by atoms with Crippen LogP contribution in [0.1, 0.15) is 26.3 Å². The quantitative estimate of drug-likeness (QED) is 0.760. The van der Waals surface area contributed by atoms with Gasteiger partial charge in [-0.3, -0.25) is 0 Å². The van der Waals surface area contributed by atoms with Crippen LogP contribution in [-0.4, -0.2) is 24.5 Å². The Morgan fingerprint density at radius 1 is 1.12 bits per heavy atom. The lowest BCUT2D eigenvalue weighted by Gasteiger charge is -2.21. The van der Waals surface area contributed by atoms with Crippen molar-refractivity contribution in [1.29, 1.82) is 0 Å². The molecule has 16 heavy (non-hydrogen) atoms. The summed E-state index contributed by atoms with van der Waals surface area (Å²) in [6, 6.07) is 5.37. The van der Waals surface area contributed by atoms with Crippen LogP contribution < -0.4 is 9.39 Å². The van der Waals surface area contributed by atoms with Gasteiger partial charge in [0.15, 0.2) is 5.75 Å². The predicted octanol–water partition coefficient (Wildman–Crippen LogP) is 1.34. The molecule has 0 fully saturated rings. The number of ether oxygens (including phenoxy) is 1. The fourth-order valence-corrected chi connectivity index (χ4v) is 1.35. The third-order valence-corrected chi connectivity index (χ3v) is 2.26. The van der Waals surface area contributed by atoms with Crippen molar-refractivity contribution in [3.63, 3.8) is 0 Å². The molecule has 0 spiro atoms. The molecule has 0 saturated heterocycles. The van der Waals surface area contributed by atoms with Crippen molar-refractivity contribution in [3.8, 4) is 11.5 Å². The highest BCUT2D eigenvalue weighted by molar-refractivity contribution is 6.33. The van der Waals surface area contributed by atoms with Crippen molar-refractivity contribution in [1.82, 2.24) is 0 Å². The Labute approximate surface area is 96.0 Å². The highest BCUT2D eigenvalue weighted by Crippen LogP contribution is 2.33. The van der Waals surface area contributed by atoms with Crippen molar-refractivity contribution in [2.75, 3.05) is 7.11 Å². The molecular formula is C11H17BO4. The molecule has 5 heteroatoms. The monoisotopic (exact) mass is 224 g/mol. The fraction of sp³-hybridized carbons (Fsp3) is 0.455. The maximum Gasteiger partial charge on any atom is 0.707 e. The van der Waals surface area contributed by atoms with Crippen molar-refractivity contribution in [3.05, 3.63) is 23.8 Å². The van der Waals surface area contributed by atoms with Gasteiger partial charge in [-0.2, -0.15) is 0 Å². The highest BCUT2D eigenvalue weighted by Gasteiger charge is 2.19. The van der Waals surface area contributed by atoms with Crippen LogP contribution >= 0.6 is 0 Å². The predicted molar refractivity (Wildman–Crippen MR) is 62.5 cm³/mol. The summed E-state index contributed by atoms with van der Waals surface area (Å²) in [7, 11) is -0.326. The summed E-state index contributed by atoms with van der Waals surface area (Å²) < 4.78 is 9.92. The third kappa shape index (κ3) is 3.15. The van der Waals surface area contributed by atoms with E-state index in [9.17, 15) is 0 Å². The zero-order valence-electron chi connectivity index (χ0n) is 10.0. The van der Waals surface area contributed by atoms with E-state index in [0.29, 0.717) is 11.5 Å². The number of hydrogen-bond acceptors (Lipinski definition) is 4. The van der Waals surface area contributed by atoms with Crippen LogP contribution in [0.25, 0.3) is 0 Å². The molecule has 88 valence electrons. The Bertz CT molecular complexity index is 357. The first-order chi connectivity index (χ1) is 7.34. The van der Waals surface area contributed by atoms with E-state index in [2.05, 4.69) is 20.8 Å². The zero-order valence-corrected chi connectivity index (χ0v) is 10.0. The largest absolute Gasteiger partial charge is 0.707 e. The Hall–Kier alpha value is -1.20. The summed E-state index contributed by atoms with van der Waals surface area (Å²) in [4.78, 5) is 0. The van der Waals surface area contributed by atoms with Gasteiger partial charge in [0.25, 0.3) is 0 Å². The summed E-state index contributed by atoms with van der Waals surface area (Å²) in [5.41, 5.74) is 1.09. The van der Waals surface area contributed by atoms with E-state index in [1.807, 2.05) is 12.1 Å². The average Bonchev–Trinajstić information content (AvgIpc) is 2.15. The summed E-state index contributed by atoms with van der Waals surface area (Å²) in [5.74, 6) is 0.797. The van der Waals surface area contributed by atoms with E-state index in [-0.39, 0.29) is 5.41 Å². The van der Waals surface area contributed by atoms with Gasteiger partial charge >= 0.3 is 7.32 Å². The lowest BCUT2D eigenvalue weighted by molar-refractivity contribution is 0.279. The molecule has 0 aliphatic carbocycles. The van der Waals surface area contributed by atoms with Gasteiger partial charge in [0.05, 0.1) is 7.11 Å². The van der Waals surface area contributed by atoms with Gasteiger partial charge < -0.3 is 19.4 Å². The number of benzene rings is 1. The standard InChI is InChI=1S/C11H17BO4/c1-11(2,3)8-5-6-9(16-12(13)14)10(7-8)15-4/h5-7,13-14H,1-4H3. The van der Waals surface area contributed by atoms with E-state index >= 15 is 0 Å². The van der Waals surface area contributed by atoms with E-state index in [4.69, 9.17) is 19.4 Å². The Balaban J connectivity index is 3.07. The van der Waals surface area contributed by atoms with E-state index < -0.39 is 7.32 Å². The minimum absolute atomic E-state index is 0.00361.